The second-order valence-corrected chi connectivity index (χ2v) is 8.87. The van der Waals surface area contributed by atoms with E-state index in [1.807, 2.05) is 12.3 Å². The summed E-state index contributed by atoms with van der Waals surface area (Å²) >= 11 is 0. The van der Waals surface area contributed by atoms with Crippen LogP contribution in [-0.4, -0.2) is 52.7 Å². The number of anilines is 1. The van der Waals surface area contributed by atoms with Gasteiger partial charge in [0.05, 0.1) is 22.7 Å². The van der Waals surface area contributed by atoms with Crippen LogP contribution < -0.4 is 4.90 Å². The molecular formula is C23H29N3O2. The number of nitrogens with zero attached hydrogens (tertiary/aromatic N) is 3. The maximum absolute atomic E-state index is 13.5. The Balaban J connectivity index is 1.39. The van der Waals surface area contributed by atoms with Crippen molar-refractivity contribution in [3.8, 4) is 0 Å². The first-order valence-corrected chi connectivity index (χ1v) is 10.7. The van der Waals surface area contributed by atoms with Crippen LogP contribution in [0.5, 0.6) is 0 Å². The molecule has 1 spiro atoms. The minimum Gasteiger partial charge on any atom is -0.393 e. The molecule has 1 N–H and O–H groups in total. The van der Waals surface area contributed by atoms with Crippen molar-refractivity contribution in [3.63, 3.8) is 0 Å². The molecule has 0 unspecified atom stereocenters. The Kier molecular flexibility index (Phi) is 4.50. The van der Waals surface area contributed by atoms with Crippen molar-refractivity contribution in [2.24, 2.45) is 5.41 Å². The number of hydrogen-bond donors (Lipinski definition) is 1. The molecule has 1 amide bonds. The maximum Gasteiger partial charge on any atom is 0.230 e. The number of hydrogen-bond acceptors (Lipinski definition) is 4. The van der Waals surface area contributed by atoms with Gasteiger partial charge in [0, 0.05) is 37.3 Å². The molecule has 2 saturated heterocycles. The van der Waals surface area contributed by atoms with Gasteiger partial charge in [0.1, 0.15) is 0 Å². The zero-order chi connectivity index (χ0) is 19.1. The highest BCUT2D eigenvalue weighted by molar-refractivity contribution is 5.92. The number of benzene rings is 1. The van der Waals surface area contributed by atoms with Crippen molar-refractivity contribution in [1.82, 2.24) is 9.88 Å². The highest BCUT2D eigenvalue weighted by atomic mass is 16.3. The molecule has 1 aromatic heterocycles. The molecule has 5 nitrogen and oxygen atoms in total. The van der Waals surface area contributed by atoms with Crippen LogP contribution >= 0.6 is 0 Å². The Labute approximate surface area is 166 Å². The van der Waals surface area contributed by atoms with Gasteiger partial charge in [-0.1, -0.05) is 18.2 Å². The largest absolute Gasteiger partial charge is 0.393 e. The number of likely N-dealkylation sites (tertiary alicyclic amines) is 1. The third-order valence-electron chi connectivity index (χ3n) is 7.18. The second kappa shape index (κ2) is 7.03. The van der Waals surface area contributed by atoms with Gasteiger partial charge in [-0.3, -0.25) is 9.78 Å². The summed E-state index contributed by atoms with van der Waals surface area (Å²) < 4.78 is 0. The third-order valence-corrected chi connectivity index (χ3v) is 7.18. The van der Waals surface area contributed by atoms with E-state index in [-0.39, 0.29) is 11.5 Å². The lowest BCUT2D eigenvalue weighted by atomic mass is 9.78. The molecule has 5 heteroatoms. The predicted molar refractivity (Wildman–Crippen MR) is 110 cm³/mol. The van der Waals surface area contributed by atoms with Gasteiger partial charge in [0.25, 0.3) is 0 Å². The standard InChI is InChI=1S/C23H29N3O2/c27-19-9-7-18(8-10-19)26-15-12-23(22(26)28)11-3-14-25(16-23)20-6-1-4-17-5-2-13-24-21(17)20/h1-2,4-6,13,18-19,27H,3,7-12,14-16H2/t18?,19?,23-/m1/s1. The lowest BCUT2D eigenvalue weighted by Crippen LogP contribution is -2.50. The normalized spacial score (nSPS) is 31.1. The van der Waals surface area contributed by atoms with Crippen molar-refractivity contribution in [3.05, 3.63) is 36.5 Å². The molecule has 1 aromatic carbocycles. The van der Waals surface area contributed by atoms with E-state index in [0.717, 1.165) is 81.2 Å². The minimum atomic E-state index is -0.245. The van der Waals surface area contributed by atoms with Gasteiger partial charge in [0.15, 0.2) is 0 Å². The summed E-state index contributed by atoms with van der Waals surface area (Å²) in [5.41, 5.74) is 1.94. The summed E-state index contributed by atoms with van der Waals surface area (Å²) in [7, 11) is 0. The van der Waals surface area contributed by atoms with Gasteiger partial charge in [-0.25, -0.2) is 0 Å². The lowest BCUT2D eigenvalue weighted by Gasteiger charge is -2.41. The first-order chi connectivity index (χ1) is 13.7. The molecule has 0 bridgehead atoms. The number of aromatic nitrogens is 1. The van der Waals surface area contributed by atoms with E-state index in [4.69, 9.17) is 0 Å². The van der Waals surface area contributed by atoms with E-state index in [1.54, 1.807) is 0 Å². The Morgan fingerprint density at radius 1 is 1.04 bits per heavy atom. The summed E-state index contributed by atoms with van der Waals surface area (Å²) in [6, 6.07) is 10.7. The number of para-hydroxylation sites is 1. The number of rotatable bonds is 2. The lowest BCUT2D eigenvalue weighted by molar-refractivity contribution is -0.139. The summed E-state index contributed by atoms with van der Waals surface area (Å²) in [5, 5.41) is 11.0. The van der Waals surface area contributed by atoms with Crippen LogP contribution in [0.25, 0.3) is 10.9 Å². The molecule has 0 radical (unpaired) electrons. The van der Waals surface area contributed by atoms with E-state index in [2.05, 4.69) is 39.0 Å². The maximum atomic E-state index is 13.5. The number of aliphatic hydroxyl groups is 1. The summed E-state index contributed by atoms with van der Waals surface area (Å²) in [6.07, 6.45) is 8.22. The average Bonchev–Trinajstić information content (AvgIpc) is 3.04. The fraction of sp³-hybridized carbons (Fsp3) is 0.565. The van der Waals surface area contributed by atoms with E-state index < -0.39 is 0 Å². The Bertz CT molecular complexity index is 872. The summed E-state index contributed by atoms with van der Waals surface area (Å²) in [4.78, 5) is 22.7. The predicted octanol–water partition coefficient (Wildman–Crippen LogP) is 3.36. The van der Waals surface area contributed by atoms with Crippen molar-refractivity contribution in [2.45, 2.75) is 57.1 Å². The van der Waals surface area contributed by atoms with Gasteiger partial charge in [-0.05, 0) is 57.1 Å². The molecule has 2 aromatic rings. The second-order valence-electron chi connectivity index (χ2n) is 8.87. The van der Waals surface area contributed by atoms with Crippen LogP contribution in [-0.2, 0) is 4.79 Å². The zero-order valence-corrected chi connectivity index (χ0v) is 16.4. The summed E-state index contributed by atoms with van der Waals surface area (Å²) in [6.45, 7) is 2.66. The number of aliphatic hydroxyl groups excluding tert-OH is 1. The molecule has 28 heavy (non-hydrogen) atoms. The van der Waals surface area contributed by atoms with Gasteiger partial charge >= 0.3 is 0 Å². The minimum absolute atomic E-state index is 0.174. The Morgan fingerprint density at radius 2 is 1.86 bits per heavy atom. The van der Waals surface area contributed by atoms with Crippen molar-refractivity contribution in [1.29, 1.82) is 0 Å². The smallest absolute Gasteiger partial charge is 0.230 e. The van der Waals surface area contributed by atoms with E-state index in [1.165, 1.54) is 0 Å². The van der Waals surface area contributed by atoms with Crippen LogP contribution in [0.3, 0.4) is 0 Å². The van der Waals surface area contributed by atoms with Crippen LogP contribution in [0.15, 0.2) is 36.5 Å². The molecule has 1 aliphatic carbocycles. The number of carbonyl (C=O) groups excluding carboxylic acids is 1. The molecule has 1 saturated carbocycles. The van der Waals surface area contributed by atoms with E-state index in [9.17, 15) is 9.90 Å². The third kappa shape index (κ3) is 2.96. The fourth-order valence-corrected chi connectivity index (χ4v) is 5.63. The van der Waals surface area contributed by atoms with E-state index >= 15 is 0 Å². The van der Waals surface area contributed by atoms with E-state index in [0.29, 0.717) is 11.9 Å². The molecule has 3 aliphatic rings. The quantitative estimate of drug-likeness (QED) is 0.869. The molecule has 3 fully saturated rings. The monoisotopic (exact) mass is 379 g/mol. The molecular weight excluding hydrogens is 350 g/mol. The Hall–Kier alpha value is -2.14. The number of carbonyl (C=O) groups is 1. The van der Waals surface area contributed by atoms with Crippen molar-refractivity contribution < 1.29 is 9.90 Å². The fourth-order valence-electron chi connectivity index (χ4n) is 5.63. The summed E-state index contributed by atoms with van der Waals surface area (Å²) in [5.74, 6) is 0.354. The first-order valence-electron chi connectivity index (χ1n) is 10.7. The molecule has 2 aliphatic heterocycles. The topological polar surface area (TPSA) is 56.7 Å². The zero-order valence-electron chi connectivity index (χ0n) is 16.4. The SMILES string of the molecule is O=C1N(C2CCC(O)CC2)CC[C@@]12CCCN(c1cccc3cccnc13)C2. The number of amides is 1. The molecule has 3 heterocycles. The number of pyridine rings is 1. The van der Waals surface area contributed by atoms with Gasteiger partial charge in [-0.15, -0.1) is 0 Å². The first kappa shape index (κ1) is 17.9. The van der Waals surface area contributed by atoms with Gasteiger partial charge < -0.3 is 14.9 Å². The van der Waals surface area contributed by atoms with Crippen LogP contribution in [0.4, 0.5) is 5.69 Å². The van der Waals surface area contributed by atoms with Crippen LogP contribution in [0, 0.1) is 5.41 Å². The number of fused-ring (bicyclic) bond motifs is 1. The Morgan fingerprint density at radius 3 is 2.71 bits per heavy atom. The molecule has 148 valence electrons. The van der Waals surface area contributed by atoms with Crippen LogP contribution in [0.2, 0.25) is 0 Å². The highest BCUT2D eigenvalue weighted by Gasteiger charge is 2.50. The molecule has 1 atom stereocenters. The highest BCUT2D eigenvalue weighted by Crippen LogP contribution is 2.44. The van der Waals surface area contributed by atoms with Crippen molar-refractivity contribution >= 4 is 22.5 Å². The average molecular weight is 380 g/mol. The van der Waals surface area contributed by atoms with Crippen molar-refractivity contribution in [2.75, 3.05) is 24.5 Å². The number of piperidine rings is 1. The van der Waals surface area contributed by atoms with Crippen LogP contribution in [0.1, 0.15) is 44.9 Å². The van der Waals surface area contributed by atoms with Gasteiger partial charge in [0.2, 0.25) is 5.91 Å². The van der Waals surface area contributed by atoms with Gasteiger partial charge in [-0.2, -0.15) is 0 Å². The molecule has 5 rings (SSSR count).